The SMILES string of the molecule is CO[C@H]1O[C@H](CO)[C@@H](OC)C[C@H]1OCc1ccccc1C. The first-order valence-corrected chi connectivity index (χ1v) is 7.17. The summed E-state index contributed by atoms with van der Waals surface area (Å²) in [4.78, 5) is 0. The molecule has 1 aliphatic heterocycles. The second kappa shape index (κ2) is 7.87. The van der Waals surface area contributed by atoms with Gasteiger partial charge in [-0.25, -0.2) is 0 Å². The van der Waals surface area contributed by atoms with Gasteiger partial charge in [0.05, 0.1) is 19.3 Å². The fourth-order valence-electron chi connectivity index (χ4n) is 2.57. The van der Waals surface area contributed by atoms with Crippen LogP contribution in [0.3, 0.4) is 0 Å². The summed E-state index contributed by atoms with van der Waals surface area (Å²) in [5.41, 5.74) is 2.34. The number of hydrogen-bond acceptors (Lipinski definition) is 5. The number of ether oxygens (including phenoxy) is 4. The maximum atomic E-state index is 9.34. The van der Waals surface area contributed by atoms with Gasteiger partial charge >= 0.3 is 0 Å². The Balaban J connectivity index is 1.99. The van der Waals surface area contributed by atoms with E-state index >= 15 is 0 Å². The zero-order valence-electron chi connectivity index (χ0n) is 12.8. The van der Waals surface area contributed by atoms with Crippen LogP contribution in [0.5, 0.6) is 0 Å². The number of aliphatic hydroxyl groups excluding tert-OH is 1. The van der Waals surface area contributed by atoms with Crippen molar-refractivity contribution < 1.29 is 24.1 Å². The van der Waals surface area contributed by atoms with Crippen LogP contribution in [0.1, 0.15) is 17.5 Å². The van der Waals surface area contributed by atoms with Crippen molar-refractivity contribution in [2.24, 2.45) is 0 Å². The van der Waals surface area contributed by atoms with Gasteiger partial charge in [0.2, 0.25) is 0 Å². The summed E-state index contributed by atoms with van der Waals surface area (Å²) >= 11 is 0. The molecule has 1 heterocycles. The molecular weight excluding hydrogens is 272 g/mol. The summed E-state index contributed by atoms with van der Waals surface area (Å²) in [6.45, 7) is 2.47. The first kappa shape index (κ1) is 16.4. The van der Waals surface area contributed by atoms with Crippen LogP contribution in [-0.4, -0.2) is 50.5 Å². The van der Waals surface area contributed by atoms with Crippen molar-refractivity contribution in [3.05, 3.63) is 35.4 Å². The Hall–Kier alpha value is -0.980. The van der Waals surface area contributed by atoms with Gasteiger partial charge in [-0.15, -0.1) is 0 Å². The van der Waals surface area contributed by atoms with Crippen LogP contribution in [0, 0.1) is 6.92 Å². The summed E-state index contributed by atoms with van der Waals surface area (Å²) in [6, 6.07) is 8.11. The van der Waals surface area contributed by atoms with E-state index in [0.717, 1.165) is 5.56 Å². The number of benzene rings is 1. The quantitative estimate of drug-likeness (QED) is 0.865. The zero-order chi connectivity index (χ0) is 15.2. The molecule has 1 fully saturated rings. The number of rotatable bonds is 6. The van der Waals surface area contributed by atoms with Gasteiger partial charge in [-0.3, -0.25) is 0 Å². The minimum atomic E-state index is -0.488. The van der Waals surface area contributed by atoms with Crippen molar-refractivity contribution in [1.29, 1.82) is 0 Å². The van der Waals surface area contributed by atoms with Gasteiger partial charge in [0.1, 0.15) is 12.2 Å². The lowest BCUT2D eigenvalue weighted by atomic mass is 10.0. The van der Waals surface area contributed by atoms with E-state index in [1.165, 1.54) is 5.56 Å². The van der Waals surface area contributed by atoms with E-state index in [9.17, 15) is 5.11 Å². The van der Waals surface area contributed by atoms with E-state index in [1.807, 2.05) is 18.2 Å². The van der Waals surface area contributed by atoms with Gasteiger partial charge < -0.3 is 24.1 Å². The molecule has 0 spiro atoms. The van der Waals surface area contributed by atoms with Gasteiger partial charge in [0, 0.05) is 20.6 Å². The molecule has 118 valence electrons. The predicted molar refractivity (Wildman–Crippen MR) is 77.9 cm³/mol. The van der Waals surface area contributed by atoms with Crippen molar-refractivity contribution in [2.45, 2.75) is 44.6 Å². The second-order valence-corrected chi connectivity index (χ2v) is 5.25. The zero-order valence-corrected chi connectivity index (χ0v) is 12.8. The lowest BCUT2D eigenvalue weighted by Gasteiger charge is -2.39. The largest absolute Gasteiger partial charge is 0.394 e. The Bertz CT molecular complexity index is 436. The Morgan fingerprint density at radius 2 is 1.95 bits per heavy atom. The van der Waals surface area contributed by atoms with Crippen molar-refractivity contribution in [3.8, 4) is 0 Å². The topological polar surface area (TPSA) is 57.2 Å². The molecule has 0 aliphatic carbocycles. The smallest absolute Gasteiger partial charge is 0.184 e. The lowest BCUT2D eigenvalue weighted by Crippen LogP contribution is -2.51. The highest BCUT2D eigenvalue weighted by Crippen LogP contribution is 2.26. The first-order valence-electron chi connectivity index (χ1n) is 7.17. The number of aryl methyl sites for hydroxylation is 1. The molecule has 21 heavy (non-hydrogen) atoms. The predicted octanol–water partition coefficient (Wildman–Crippen LogP) is 1.65. The van der Waals surface area contributed by atoms with Gasteiger partial charge in [-0.1, -0.05) is 24.3 Å². The monoisotopic (exact) mass is 296 g/mol. The number of hydrogen-bond donors (Lipinski definition) is 1. The van der Waals surface area contributed by atoms with Crippen molar-refractivity contribution in [2.75, 3.05) is 20.8 Å². The van der Waals surface area contributed by atoms with Crippen LogP contribution in [0.4, 0.5) is 0 Å². The van der Waals surface area contributed by atoms with E-state index in [2.05, 4.69) is 13.0 Å². The third-order valence-electron chi connectivity index (χ3n) is 3.92. The van der Waals surface area contributed by atoms with Gasteiger partial charge in [0.15, 0.2) is 6.29 Å². The molecule has 0 bridgehead atoms. The minimum Gasteiger partial charge on any atom is -0.394 e. The van der Waals surface area contributed by atoms with E-state index in [-0.39, 0.29) is 24.9 Å². The van der Waals surface area contributed by atoms with E-state index < -0.39 is 6.29 Å². The molecule has 1 N–H and O–H groups in total. The van der Waals surface area contributed by atoms with Crippen LogP contribution in [-0.2, 0) is 25.6 Å². The molecule has 5 heteroatoms. The highest BCUT2D eigenvalue weighted by Gasteiger charge is 2.38. The molecular formula is C16H24O5. The summed E-state index contributed by atoms with van der Waals surface area (Å²) in [5.74, 6) is 0. The van der Waals surface area contributed by atoms with Crippen molar-refractivity contribution in [1.82, 2.24) is 0 Å². The Morgan fingerprint density at radius 3 is 2.57 bits per heavy atom. The van der Waals surface area contributed by atoms with Gasteiger partial charge in [-0.2, -0.15) is 0 Å². The molecule has 1 aromatic rings. The third kappa shape index (κ3) is 4.02. The number of aliphatic hydroxyl groups is 1. The third-order valence-corrected chi connectivity index (χ3v) is 3.92. The summed E-state index contributed by atoms with van der Waals surface area (Å²) in [6.07, 6.45) is -0.645. The highest BCUT2D eigenvalue weighted by molar-refractivity contribution is 5.24. The second-order valence-electron chi connectivity index (χ2n) is 5.25. The van der Waals surface area contributed by atoms with Crippen LogP contribution >= 0.6 is 0 Å². The first-order chi connectivity index (χ1) is 10.2. The molecule has 0 saturated carbocycles. The maximum Gasteiger partial charge on any atom is 0.184 e. The van der Waals surface area contributed by atoms with Crippen LogP contribution < -0.4 is 0 Å². The normalized spacial score (nSPS) is 29.5. The number of methoxy groups -OCH3 is 2. The average molecular weight is 296 g/mol. The summed E-state index contributed by atoms with van der Waals surface area (Å²) < 4.78 is 22.4. The molecule has 1 saturated heterocycles. The van der Waals surface area contributed by atoms with Crippen molar-refractivity contribution in [3.63, 3.8) is 0 Å². The van der Waals surface area contributed by atoms with Crippen LogP contribution in [0.25, 0.3) is 0 Å². The lowest BCUT2D eigenvalue weighted by molar-refractivity contribution is -0.276. The maximum absolute atomic E-state index is 9.34. The molecule has 0 amide bonds. The Labute approximate surface area is 125 Å². The van der Waals surface area contributed by atoms with E-state index in [0.29, 0.717) is 13.0 Å². The Kier molecular flexibility index (Phi) is 6.14. The molecule has 0 aromatic heterocycles. The van der Waals surface area contributed by atoms with Crippen LogP contribution in [0.15, 0.2) is 24.3 Å². The molecule has 5 nitrogen and oxygen atoms in total. The van der Waals surface area contributed by atoms with Gasteiger partial charge in [0.25, 0.3) is 0 Å². The standard InChI is InChI=1S/C16H24O5/c1-11-6-4-5-7-12(11)10-20-14-8-13(18-2)15(9-17)21-16(14)19-3/h4-7,13-17H,8-10H2,1-3H3/t13-,14+,15+,16-/m0/s1. The molecule has 0 radical (unpaired) electrons. The highest BCUT2D eigenvalue weighted by atomic mass is 16.7. The molecule has 4 atom stereocenters. The van der Waals surface area contributed by atoms with Gasteiger partial charge in [-0.05, 0) is 18.1 Å². The Morgan fingerprint density at radius 1 is 1.19 bits per heavy atom. The van der Waals surface area contributed by atoms with Crippen molar-refractivity contribution >= 4 is 0 Å². The van der Waals surface area contributed by atoms with Crippen LogP contribution in [0.2, 0.25) is 0 Å². The summed E-state index contributed by atoms with van der Waals surface area (Å²) in [7, 11) is 3.19. The fraction of sp³-hybridized carbons (Fsp3) is 0.625. The minimum absolute atomic E-state index is 0.0944. The molecule has 2 rings (SSSR count). The molecule has 1 aliphatic rings. The van der Waals surface area contributed by atoms with E-state index in [1.54, 1.807) is 14.2 Å². The molecule has 1 aromatic carbocycles. The fourth-order valence-corrected chi connectivity index (χ4v) is 2.57. The molecule has 0 unspecified atom stereocenters. The van der Waals surface area contributed by atoms with E-state index in [4.69, 9.17) is 18.9 Å². The summed E-state index contributed by atoms with van der Waals surface area (Å²) in [5, 5.41) is 9.34. The average Bonchev–Trinajstić information content (AvgIpc) is 2.53.